The average Bonchev–Trinajstić information content (AvgIpc) is 2.84. The van der Waals surface area contributed by atoms with Crippen LogP contribution in [-0.4, -0.2) is 15.7 Å². The summed E-state index contributed by atoms with van der Waals surface area (Å²) in [7, 11) is 0. The number of nitrogens with one attached hydrogen (secondary N) is 1. The normalized spacial score (nSPS) is 11.1. The van der Waals surface area contributed by atoms with Crippen molar-refractivity contribution in [3.63, 3.8) is 0 Å². The number of aromatic amines is 1. The third-order valence-electron chi connectivity index (χ3n) is 2.86. The van der Waals surface area contributed by atoms with E-state index in [4.69, 9.17) is 0 Å². The highest BCUT2D eigenvalue weighted by Gasteiger charge is 2.12. The maximum absolute atomic E-state index is 13.0. The smallest absolute Gasteiger partial charge is 0.260 e. The van der Waals surface area contributed by atoms with Gasteiger partial charge in [0.05, 0.1) is 5.39 Å². The Morgan fingerprint density at radius 2 is 2.10 bits per heavy atom. The van der Waals surface area contributed by atoms with Crippen LogP contribution in [0.4, 0.5) is 4.39 Å². The Hall–Kier alpha value is -1.66. The highest BCUT2D eigenvalue weighted by Crippen LogP contribution is 2.31. The van der Waals surface area contributed by atoms with E-state index < -0.39 is 0 Å². The molecule has 0 saturated carbocycles. The van der Waals surface area contributed by atoms with Gasteiger partial charge in [0, 0.05) is 10.9 Å². The Kier molecular flexibility index (Phi) is 3.58. The summed E-state index contributed by atoms with van der Waals surface area (Å²) >= 11 is 2.93. The van der Waals surface area contributed by atoms with E-state index in [2.05, 4.69) is 9.97 Å². The molecule has 0 spiro atoms. The first-order valence-electron chi connectivity index (χ1n) is 6.09. The second kappa shape index (κ2) is 5.38. The van der Waals surface area contributed by atoms with E-state index in [1.807, 2.05) is 12.3 Å². The lowest BCUT2D eigenvalue weighted by Crippen LogP contribution is -2.08. The summed E-state index contributed by atoms with van der Waals surface area (Å²) in [5.74, 6) is 0.562. The van der Waals surface area contributed by atoms with Crippen LogP contribution in [0.25, 0.3) is 21.3 Å². The number of aromatic nitrogens is 2. The number of thiophene rings is 1. The standard InChI is InChI=1S/C14H11FN2OS2/c1-2-19-14-16-12(18)11-10(7-20-13(11)17-14)8-3-5-9(15)6-4-8/h3-7H,2H2,1H3,(H,16,17,18). The first-order chi connectivity index (χ1) is 9.69. The fourth-order valence-electron chi connectivity index (χ4n) is 1.98. The molecule has 2 aromatic heterocycles. The summed E-state index contributed by atoms with van der Waals surface area (Å²) < 4.78 is 13.0. The van der Waals surface area contributed by atoms with Gasteiger partial charge >= 0.3 is 0 Å². The van der Waals surface area contributed by atoms with Gasteiger partial charge in [0.1, 0.15) is 10.6 Å². The minimum Gasteiger partial charge on any atom is -0.301 e. The van der Waals surface area contributed by atoms with Gasteiger partial charge in [0.2, 0.25) is 0 Å². The predicted octanol–water partition coefficient (Wildman–Crippen LogP) is 3.90. The minimum absolute atomic E-state index is 0.147. The molecule has 6 heteroatoms. The molecule has 0 atom stereocenters. The van der Waals surface area contributed by atoms with Crippen molar-refractivity contribution in [3.05, 3.63) is 45.8 Å². The lowest BCUT2D eigenvalue weighted by Gasteiger charge is -2.01. The number of thioether (sulfide) groups is 1. The highest BCUT2D eigenvalue weighted by atomic mass is 32.2. The van der Waals surface area contributed by atoms with Gasteiger partial charge in [0.25, 0.3) is 5.56 Å². The molecule has 0 aliphatic rings. The van der Waals surface area contributed by atoms with Crippen molar-refractivity contribution in [1.82, 2.24) is 9.97 Å². The van der Waals surface area contributed by atoms with Crippen LogP contribution >= 0.6 is 23.1 Å². The summed E-state index contributed by atoms with van der Waals surface area (Å²) in [6.45, 7) is 2.01. The fourth-order valence-corrected chi connectivity index (χ4v) is 3.58. The van der Waals surface area contributed by atoms with E-state index in [1.165, 1.54) is 35.2 Å². The summed E-state index contributed by atoms with van der Waals surface area (Å²) in [6, 6.07) is 6.12. The first-order valence-corrected chi connectivity index (χ1v) is 7.96. The quantitative estimate of drug-likeness (QED) is 0.589. The van der Waals surface area contributed by atoms with Crippen LogP contribution in [0.15, 0.2) is 39.6 Å². The number of hydrogen-bond donors (Lipinski definition) is 1. The molecule has 1 N–H and O–H groups in total. The molecule has 0 saturated heterocycles. The van der Waals surface area contributed by atoms with E-state index in [0.717, 1.165) is 16.9 Å². The molecule has 3 nitrogen and oxygen atoms in total. The molecule has 3 rings (SSSR count). The van der Waals surface area contributed by atoms with Gasteiger partial charge in [-0.25, -0.2) is 9.37 Å². The van der Waals surface area contributed by atoms with Crippen LogP contribution in [0.2, 0.25) is 0 Å². The van der Waals surface area contributed by atoms with E-state index >= 15 is 0 Å². The Morgan fingerprint density at radius 3 is 2.80 bits per heavy atom. The third-order valence-corrected chi connectivity index (χ3v) is 4.49. The van der Waals surface area contributed by atoms with E-state index in [9.17, 15) is 9.18 Å². The molecule has 0 bridgehead atoms. The highest BCUT2D eigenvalue weighted by molar-refractivity contribution is 7.99. The summed E-state index contributed by atoms with van der Waals surface area (Å²) in [4.78, 5) is 20.2. The van der Waals surface area contributed by atoms with Crippen molar-refractivity contribution in [2.24, 2.45) is 0 Å². The molecule has 0 aliphatic heterocycles. The van der Waals surface area contributed by atoms with Gasteiger partial charge < -0.3 is 4.98 Å². The second-order valence-electron chi connectivity index (χ2n) is 4.14. The van der Waals surface area contributed by atoms with Crippen LogP contribution in [-0.2, 0) is 0 Å². The number of nitrogens with zero attached hydrogens (tertiary/aromatic N) is 1. The van der Waals surface area contributed by atoms with Crippen LogP contribution in [0.5, 0.6) is 0 Å². The maximum Gasteiger partial charge on any atom is 0.260 e. The average molecular weight is 306 g/mol. The number of rotatable bonds is 3. The maximum atomic E-state index is 13.0. The molecular formula is C14H11FN2OS2. The molecule has 0 unspecified atom stereocenters. The van der Waals surface area contributed by atoms with Crippen molar-refractivity contribution in [2.45, 2.75) is 12.1 Å². The van der Waals surface area contributed by atoms with Crippen LogP contribution in [0.3, 0.4) is 0 Å². The largest absolute Gasteiger partial charge is 0.301 e. The Morgan fingerprint density at radius 1 is 1.35 bits per heavy atom. The molecule has 0 aliphatic carbocycles. The van der Waals surface area contributed by atoms with Crippen molar-refractivity contribution in [2.75, 3.05) is 5.75 Å². The summed E-state index contributed by atoms with van der Waals surface area (Å²) in [6.07, 6.45) is 0. The van der Waals surface area contributed by atoms with Gasteiger partial charge in [-0.1, -0.05) is 30.8 Å². The van der Waals surface area contributed by atoms with Crippen molar-refractivity contribution >= 4 is 33.3 Å². The molecule has 20 heavy (non-hydrogen) atoms. The SMILES string of the molecule is CCSc1nc2scc(-c3ccc(F)cc3)c2c(=O)[nH]1. The number of fused-ring (bicyclic) bond motifs is 1. The Bertz CT molecular complexity index is 808. The molecule has 102 valence electrons. The lowest BCUT2D eigenvalue weighted by atomic mass is 10.1. The van der Waals surface area contributed by atoms with Gasteiger partial charge in [0.15, 0.2) is 5.16 Å². The van der Waals surface area contributed by atoms with Crippen LogP contribution in [0, 0.1) is 5.82 Å². The Balaban J connectivity index is 2.18. The van der Waals surface area contributed by atoms with Crippen molar-refractivity contribution < 1.29 is 4.39 Å². The summed E-state index contributed by atoms with van der Waals surface area (Å²) in [5, 5.41) is 3.10. The van der Waals surface area contributed by atoms with Crippen LogP contribution in [0.1, 0.15) is 6.92 Å². The zero-order valence-corrected chi connectivity index (χ0v) is 12.3. The molecule has 3 aromatic rings. The number of halogens is 1. The Labute approximate surface area is 122 Å². The van der Waals surface area contributed by atoms with E-state index in [0.29, 0.717) is 15.4 Å². The predicted molar refractivity (Wildman–Crippen MR) is 82.0 cm³/mol. The summed E-state index contributed by atoms with van der Waals surface area (Å²) in [5.41, 5.74) is 1.47. The zero-order valence-electron chi connectivity index (χ0n) is 10.6. The van der Waals surface area contributed by atoms with Gasteiger partial charge in [-0.15, -0.1) is 11.3 Å². The van der Waals surface area contributed by atoms with Gasteiger partial charge in [-0.2, -0.15) is 0 Å². The molecule has 0 radical (unpaired) electrons. The first kappa shape index (κ1) is 13.3. The zero-order chi connectivity index (χ0) is 14.1. The molecular weight excluding hydrogens is 295 g/mol. The monoisotopic (exact) mass is 306 g/mol. The van der Waals surface area contributed by atoms with Gasteiger partial charge in [-0.05, 0) is 23.4 Å². The molecule has 1 aromatic carbocycles. The van der Waals surface area contributed by atoms with Crippen LogP contribution < -0.4 is 5.56 Å². The third kappa shape index (κ3) is 2.36. The molecule has 2 heterocycles. The number of hydrogen-bond acceptors (Lipinski definition) is 4. The molecule has 0 amide bonds. The van der Waals surface area contributed by atoms with Gasteiger partial charge in [-0.3, -0.25) is 4.79 Å². The van der Waals surface area contributed by atoms with Crippen molar-refractivity contribution in [3.8, 4) is 11.1 Å². The van der Waals surface area contributed by atoms with E-state index in [-0.39, 0.29) is 11.4 Å². The molecule has 0 fully saturated rings. The number of benzene rings is 1. The fraction of sp³-hybridized carbons (Fsp3) is 0.143. The second-order valence-corrected chi connectivity index (χ2v) is 6.25. The minimum atomic E-state index is -0.290. The van der Waals surface area contributed by atoms with Crippen molar-refractivity contribution in [1.29, 1.82) is 0 Å². The number of H-pyrrole nitrogens is 1. The van der Waals surface area contributed by atoms with E-state index in [1.54, 1.807) is 12.1 Å². The topological polar surface area (TPSA) is 45.8 Å². The lowest BCUT2D eigenvalue weighted by molar-refractivity contribution is 0.628.